The number of hydrogen-bond acceptors (Lipinski definition) is 3. The second-order valence-corrected chi connectivity index (χ2v) is 5.14. The molecule has 1 aromatic rings. The van der Waals surface area contributed by atoms with Crippen molar-refractivity contribution < 1.29 is 13.2 Å². The molecule has 0 aliphatic rings. The molecule has 6 heteroatoms. The summed E-state index contributed by atoms with van der Waals surface area (Å²) in [5.41, 5.74) is -0.721. The fourth-order valence-corrected chi connectivity index (χ4v) is 1.63. The summed E-state index contributed by atoms with van der Waals surface area (Å²) < 4.78 is 37.0. The van der Waals surface area contributed by atoms with Crippen LogP contribution in [0, 0.1) is 0 Å². The number of pyridine rings is 1. The van der Waals surface area contributed by atoms with E-state index in [4.69, 9.17) is 0 Å². The number of alkyl halides is 3. The van der Waals surface area contributed by atoms with Crippen LogP contribution in [0.1, 0.15) is 32.3 Å². The summed E-state index contributed by atoms with van der Waals surface area (Å²) in [4.78, 5) is 6.02. The molecule has 0 amide bonds. The van der Waals surface area contributed by atoms with E-state index in [2.05, 4.69) is 36.1 Å². The lowest BCUT2D eigenvalue weighted by molar-refractivity contribution is -0.137. The minimum atomic E-state index is -4.33. The Morgan fingerprint density at radius 1 is 1.25 bits per heavy atom. The van der Waals surface area contributed by atoms with Crippen molar-refractivity contribution in [2.45, 2.75) is 38.9 Å². The molecule has 1 heterocycles. The van der Waals surface area contributed by atoms with Gasteiger partial charge in [0.25, 0.3) is 0 Å². The Labute approximate surface area is 118 Å². The lowest BCUT2D eigenvalue weighted by atomic mass is 10.2. The van der Waals surface area contributed by atoms with Crippen LogP contribution in [0.3, 0.4) is 0 Å². The number of hydrogen-bond donors (Lipinski definition) is 1. The van der Waals surface area contributed by atoms with Crippen LogP contribution in [0.15, 0.2) is 18.3 Å². The third-order valence-electron chi connectivity index (χ3n) is 3.22. The van der Waals surface area contributed by atoms with E-state index in [1.54, 1.807) is 0 Å². The van der Waals surface area contributed by atoms with Gasteiger partial charge < -0.3 is 10.2 Å². The molecule has 1 aromatic heterocycles. The van der Waals surface area contributed by atoms with Crippen molar-refractivity contribution in [2.24, 2.45) is 0 Å². The smallest absolute Gasteiger partial charge is 0.370 e. The Kier molecular flexibility index (Phi) is 6.26. The fourth-order valence-electron chi connectivity index (χ4n) is 1.63. The van der Waals surface area contributed by atoms with Gasteiger partial charge in [-0.2, -0.15) is 13.2 Å². The first-order valence-electron chi connectivity index (χ1n) is 6.78. The minimum absolute atomic E-state index is 0.482. The Balaban J connectivity index is 2.26. The second-order valence-electron chi connectivity index (χ2n) is 5.14. The summed E-state index contributed by atoms with van der Waals surface area (Å²) in [7, 11) is 2.08. The highest BCUT2D eigenvalue weighted by atomic mass is 19.4. The second kappa shape index (κ2) is 7.47. The van der Waals surface area contributed by atoms with E-state index in [0.717, 1.165) is 31.6 Å². The van der Waals surface area contributed by atoms with Gasteiger partial charge in [0.05, 0.1) is 5.56 Å². The maximum absolute atomic E-state index is 12.3. The Morgan fingerprint density at radius 3 is 2.45 bits per heavy atom. The topological polar surface area (TPSA) is 28.2 Å². The van der Waals surface area contributed by atoms with Gasteiger partial charge in [-0.15, -0.1) is 0 Å². The molecule has 0 bridgehead atoms. The maximum Gasteiger partial charge on any atom is 0.417 e. The number of nitrogens with one attached hydrogen (secondary N) is 1. The van der Waals surface area contributed by atoms with Crippen LogP contribution >= 0.6 is 0 Å². The van der Waals surface area contributed by atoms with E-state index in [0.29, 0.717) is 18.4 Å². The quantitative estimate of drug-likeness (QED) is 0.777. The largest absolute Gasteiger partial charge is 0.417 e. The predicted octanol–water partition coefficient (Wildman–Crippen LogP) is 3.63. The number of anilines is 1. The Morgan fingerprint density at radius 2 is 1.95 bits per heavy atom. The molecule has 0 aromatic carbocycles. The SMILES string of the molecule is CC(C)N(C)CCCCNc1ccc(C(F)(F)F)cn1. The van der Waals surface area contributed by atoms with E-state index in [9.17, 15) is 13.2 Å². The van der Waals surface area contributed by atoms with Gasteiger partial charge in [-0.05, 0) is 52.4 Å². The normalized spacial score (nSPS) is 12.2. The van der Waals surface area contributed by atoms with Crippen LogP contribution in [-0.2, 0) is 6.18 Å². The highest BCUT2D eigenvalue weighted by Crippen LogP contribution is 2.28. The molecule has 0 atom stereocenters. The molecular weight excluding hydrogens is 267 g/mol. The van der Waals surface area contributed by atoms with E-state index < -0.39 is 11.7 Å². The van der Waals surface area contributed by atoms with Gasteiger partial charge in [0.1, 0.15) is 5.82 Å². The zero-order valence-electron chi connectivity index (χ0n) is 12.2. The number of aromatic nitrogens is 1. The summed E-state index contributed by atoms with van der Waals surface area (Å²) in [5.74, 6) is 0.482. The van der Waals surface area contributed by atoms with Crippen LogP contribution < -0.4 is 5.32 Å². The zero-order valence-corrected chi connectivity index (χ0v) is 12.2. The molecule has 0 fully saturated rings. The van der Waals surface area contributed by atoms with Gasteiger partial charge in [-0.3, -0.25) is 0 Å². The van der Waals surface area contributed by atoms with Crippen molar-refractivity contribution in [1.29, 1.82) is 0 Å². The van der Waals surface area contributed by atoms with Crippen molar-refractivity contribution in [3.8, 4) is 0 Å². The van der Waals surface area contributed by atoms with Crippen molar-refractivity contribution >= 4 is 5.82 Å². The molecule has 0 aliphatic carbocycles. The third kappa shape index (κ3) is 5.77. The van der Waals surface area contributed by atoms with Crippen molar-refractivity contribution in [2.75, 3.05) is 25.5 Å². The first-order valence-corrected chi connectivity index (χ1v) is 6.78. The summed E-state index contributed by atoms with van der Waals surface area (Å²) in [6.07, 6.45) is -1.47. The van der Waals surface area contributed by atoms with Crippen molar-refractivity contribution in [3.63, 3.8) is 0 Å². The molecule has 20 heavy (non-hydrogen) atoms. The molecular formula is C14H22F3N3. The molecule has 1 rings (SSSR count). The maximum atomic E-state index is 12.3. The average molecular weight is 289 g/mol. The summed E-state index contributed by atoms with van der Waals surface area (Å²) in [6, 6.07) is 2.94. The number of nitrogens with zero attached hydrogens (tertiary/aromatic N) is 2. The van der Waals surface area contributed by atoms with Crippen LogP contribution in [-0.4, -0.2) is 36.1 Å². The van der Waals surface area contributed by atoms with Crippen LogP contribution in [0.2, 0.25) is 0 Å². The van der Waals surface area contributed by atoms with E-state index in [1.807, 2.05) is 0 Å². The molecule has 0 aliphatic heterocycles. The standard InChI is InChI=1S/C14H22F3N3/c1-11(2)20(3)9-5-4-8-18-13-7-6-12(10-19-13)14(15,16)17/h6-7,10-11H,4-5,8-9H2,1-3H3,(H,18,19). The first kappa shape index (κ1) is 16.8. The van der Waals surface area contributed by atoms with Gasteiger partial charge in [0.15, 0.2) is 0 Å². The molecule has 0 radical (unpaired) electrons. The highest BCUT2D eigenvalue weighted by molar-refractivity contribution is 5.35. The van der Waals surface area contributed by atoms with Gasteiger partial charge in [0.2, 0.25) is 0 Å². The highest BCUT2D eigenvalue weighted by Gasteiger charge is 2.30. The van der Waals surface area contributed by atoms with Gasteiger partial charge in [-0.1, -0.05) is 0 Å². The van der Waals surface area contributed by atoms with Crippen molar-refractivity contribution in [1.82, 2.24) is 9.88 Å². The monoisotopic (exact) mass is 289 g/mol. The fraction of sp³-hybridized carbons (Fsp3) is 0.643. The number of halogens is 3. The van der Waals surface area contributed by atoms with E-state index in [-0.39, 0.29) is 0 Å². The van der Waals surface area contributed by atoms with Crippen LogP contribution in [0.5, 0.6) is 0 Å². The molecule has 114 valence electrons. The summed E-state index contributed by atoms with van der Waals surface area (Å²) >= 11 is 0. The first-order chi connectivity index (χ1) is 9.30. The number of rotatable bonds is 7. The molecule has 3 nitrogen and oxygen atoms in total. The molecule has 0 saturated carbocycles. The zero-order chi connectivity index (χ0) is 15.2. The minimum Gasteiger partial charge on any atom is -0.370 e. The van der Waals surface area contributed by atoms with Crippen LogP contribution in [0.25, 0.3) is 0 Å². The predicted molar refractivity (Wildman–Crippen MR) is 74.7 cm³/mol. The lowest BCUT2D eigenvalue weighted by Gasteiger charge is -2.20. The third-order valence-corrected chi connectivity index (χ3v) is 3.22. The molecule has 1 N–H and O–H groups in total. The lowest BCUT2D eigenvalue weighted by Crippen LogP contribution is -2.27. The van der Waals surface area contributed by atoms with E-state index in [1.165, 1.54) is 6.07 Å². The van der Waals surface area contributed by atoms with Gasteiger partial charge >= 0.3 is 6.18 Å². The summed E-state index contributed by atoms with van der Waals surface area (Å²) in [5, 5.41) is 3.03. The molecule has 0 unspecified atom stereocenters. The Bertz CT molecular complexity index is 388. The molecule has 0 saturated heterocycles. The molecule has 0 spiro atoms. The Hall–Kier alpha value is -1.30. The van der Waals surface area contributed by atoms with E-state index >= 15 is 0 Å². The summed E-state index contributed by atoms with van der Waals surface area (Å²) in [6.45, 7) is 6.01. The van der Waals surface area contributed by atoms with Gasteiger partial charge in [-0.25, -0.2) is 4.98 Å². The van der Waals surface area contributed by atoms with Gasteiger partial charge in [0, 0.05) is 18.8 Å². The van der Waals surface area contributed by atoms with Crippen molar-refractivity contribution in [3.05, 3.63) is 23.9 Å². The van der Waals surface area contributed by atoms with Crippen LogP contribution in [0.4, 0.5) is 19.0 Å². The number of unbranched alkanes of at least 4 members (excludes halogenated alkanes) is 1. The average Bonchev–Trinajstić information content (AvgIpc) is 2.37.